The maximum absolute atomic E-state index is 12.0. The first-order chi connectivity index (χ1) is 34.8. The number of aromatic nitrogens is 12. The Kier molecular flexibility index (Phi) is 15.0. The van der Waals surface area contributed by atoms with E-state index in [0.717, 1.165) is 28.1 Å². The summed E-state index contributed by atoms with van der Waals surface area (Å²) < 4.78 is 19.1. The van der Waals surface area contributed by atoms with Gasteiger partial charge >= 0.3 is 6.07 Å². The molecule has 20 heteroatoms. The van der Waals surface area contributed by atoms with Crippen LogP contribution in [-0.4, -0.2) is 119 Å². The fourth-order valence-electron chi connectivity index (χ4n) is 8.14. The predicted molar refractivity (Wildman–Crippen MR) is 264 cm³/mol. The second-order valence-corrected chi connectivity index (χ2v) is 16.9. The molecule has 20 nitrogen and oxygen atoms in total. The van der Waals surface area contributed by atoms with Gasteiger partial charge < -0.3 is 30.0 Å². The standard InChI is InChI=1S/C51H51N16O4/c1-69-20-18-53-49-58-42(36-10-4-8-34(22-36)27-52)24-44(60-49)47-32-67(65-63-47)30-40-13-7-15-48(57-40)51(68)17-16-38(26-51)55-28-35-9-5-11-37(23-35)43-25-45(61-50(59-43)54-19-21-70-2)46-31-66(64-62-46)29-39-12-6-14-41(56-39)33-71-3/h4-15,22-25,31-32,38,68H,16-21,26,29-30,33H2,1-3H3,(H,53,58,60)(H,54,59,61)/q+1. The van der Waals surface area contributed by atoms with Gasteiger partial charge in [0.25, 0.3) is 6.04 Å². The summed E-state index contributed by atoms with van der Waals surface area (Å²) in [7, 11) is 4.91. The van der Waals surface area contributed by atoms with Gasteiger partial charge in [0.2, 0.25) is 11.9 Å². The fraction of sp³-hybridized carbons (Fsp3) is 0.294. The number of methoxy groups -OCH3 is 3. The molecule has 3 N–H and O–H groups in total. The molecule has 1 aliphatic carbocycles. The predicted octanol–water partition coefficient (Wildman–Crippen LogP) is 6.26. The molecule has 6 aromatic heterocycles. The van der Waals surface area contributed by atoms with E-state index in [4.69, 9.17) is 39.0 Å². The van der Waals surface area contributed by atoms with Crippen molar-refractivity contribution in [2.45, 2.75) is 50.6 Å². The lowest BCUT2D eigenvalue weighted by atomic mass is 9.96. The highest BCUT2D eigenvalue weighted by atomic mass is 16.5. The molecule has 0 spiro atoms. The van der Waals surface area contributed by atoms with E-state index >= 15 is 0 Å². The molecule has 0 saturated heterocycles. The Morgan fingerprint density at radius 1 is 0.648 bits per heavy atom. The lowest BCUT2D eigenvalue weighted by Crippen LogP contribution is -2.24. The summed E-state index contributed by atoms with van der Waals surface area (Å²) in [4.78, 5) is 33.4. The summed E-state index contributed by atoms with van der Waals surface area (Å²) in [6, 6.07) is 35.5. The Labute approximate surface area is 409 Å². The first kappa shape index (κ1) is 47.7. The Morgan fingerprint density at radius 3 is 1.80 bits per heavy atom. The van der Waals surface area contributed by atoms with Crippen LogP contribution in [0.3, 0.4) is 0 Å². The molecule has 0 bridgehead atoms. The Bertz CT molecular complexity index is 3230. The van der Waals surface area contributed by atoms with Gasteiger partial charge in [0.1, 0.15) is 22.6 Å². The smallest absolute Gasteiger partial charge is 0.311 e. The van der Waals surface area contributed by atoms with Crippen LogP contribution in [0.1, 0.15) is 53.2 Å². The maximum Gasteiger partial charge on any atom is 0.311 e. The zero-order valence-electron chi connectivity index (χ0n) is 39.5. The number of anilines is 2. The van der Waals surface area contributed by atoms with Gasteiger partial charge in [-0.25, -0.2) is 29.3 Å². The number of aliphatic hydroxyl groups is 1. The van der Waals surface area contributed by atoms with Gasteiger partial charge in [-0.1, -0.05) is 51.7 Å². The van der Waals surface area contributed by atoms with Gasteiger partial charge in [0.05, 0.1) is 109 Å². The summed E-state index contributed by atoms with van der Waals surface area (Å²) in [5.74, 6) is 0.819. The van der Waals surface area contributed by atoms with Crippen molar-refractivity contribution in [1.82, 2.24) is 59.9 Å². The van der Waals surface area contributed by atoms with Crippen LogP contribution in [-0.2, 0) is 39.5 Å². The monoisotopic (exact) mass is 951 g/mol. The number of pyridine rings is 2. The third kappa shape index (κ3) is 12.1. The maximum atomic E-state index is 12.0. The SMILES string of the molecule is COCCNc1nc(-c2cccc(C#[N+]C3CCC(O)(c4cccc(Cn5cc(-c6cc(-c7cccc(C#N)c7)nc(NCCOC)n6)nn5)n4)C3)c2)cc(-c2cn(Cc3cccc(COC)n3)nn2)n1. The molecular formula is C51H51N16O4+. The largest absolute Gasteiger partial charge is 0.383 e. The van der Waals surface area contributed by atoms with Crippen LogP contribution in [0.2, 0.25) is 0 Å². The molecule has 8 aromatic rings. The molecule has 6 heterocycles. The molecule has 0 radical (unpaired) electrons. The van der Waals surface area contributed by atoms with Crippen molar-refractivity contribution in [3.8, 4) is 57.4 Å². The molecule has 1 saturated carbocycles. The van der Waals surface area contributed by atoms with Crippen LogP contribution in [0.5, 0.6) is 0 Å². The van der Waals surface area contributed by atoms with Crippen molar-refractivity contribution in [3.63, 3.8) is 0 Å². The van der Waals surface area contributed by atoms with Gasteiger partial charge in [-0.3, -0.25) is 9.97 Å². The molecule has 2 unspecified atom stereocenters. The normalized spacial score (nSPS) is 15.2. The van der Waals surface area contributed by atoms with Gasteiger partial charge in [0.15, 0.2) is 0 Å². The summed E-state index contributed by atoms with van der Waals surface area (Å²) in [5.41, 5.74) is 8.22. The molecule has 0 aliphatic heterocycles. The number of hydrogen-bond donors (Lipinski definition) is 3. The highest BCUT2D eigenvalue weighted by molar-refractivity contribution is 5.70. The summed E-state index contributed by atoms with van der Waals surface area (Å²) >= 11 is 0. The van der Waals surface area contributed by atoms with Crippen LogP contribution < -0.4 is 10.6 Å². The molecular weight excluding hydrogens is 901 g/mol. The van der Waals surface area contributed by atoms with Crippen molar-refractivity contribution in [2.75, 3.05) is 58.3 Å². The average Bonchev–Trinajstić information content (AvgIpc) is 4.17. The van der Waals surface area contributed by atoms with Crippen LogP contribution in [0, 0.1) is 17.4 Å². The number of rotatable bonds is 19. The highest BCUT2D eigenvalue weighted by Crippen LogP contribution is 2.39. The van der Waals surface area contributed by atoms with E-state index in [2.05, 4.69) is 53.4 Å². The van der Waals surface area contributed by atoms with Crippen LogP contribution in [0.25, 0.3) is 50.1 Å². The Balaban J connectivity index is 0.881. The molecule has 2 atom stereocenters. The van der Waals surface area contributed by atoms with Crippen LogP contribution in [0.15, 0.2) is 109 Å². The molecule has 0 amide bonds. The molecule has 9 rings (SSSR count). The molecule has 1 aliphatic rings. The number of nitrogens with zero attached hydrogens (tertiary/aromatic N) is 14. The highest BCUT2D eigenvalue weighted by Gasteiger charge is 2.45. The summed E-state index contributed by atoms with van der Waals surface area (Å²) in [6.07, 6.45) is 5.17. The minimum atomic E-state index is -1.18. The zero-order valence-corrected chi connectivity index (χ0v) is 39.5. The molecule has 1 fully saturated rings. The van der Waals surface area contributed by atoms with Gasteiger partial charge in [-0.2, -0.15) is 5.26 Å². The van der Waals surface area contributed by atoms with Crippen molar-refractivity contribution in [1.29, 1.82) is 5.26 Å². The van der Waals surface area contributed by atoms with Gasteiger partial charge in [-0.05, 0) is 67.1 Å². The summed E-state index contributed by atoms with van der Waals surface area (Å²) in [5, 5.41) is 45.5. The Morgan fingerprint density at radius 2 is 1.20 bits per heavy atom. The molecule has 2 aromatic carbocycles. The Hall–Kier alpha value is -8.40. The quantitative estimate of drug-likeness (QED) is 0.0758. The van der Waals surface area contributed by atoms with E-state index in [1.54, 1.807) is 49.0 Å². The minimum Gasteiger partial charge on any atom is -0.383 e. The number of nitrogens with one attached hydrogen (secondary N) is 2. The third-order valence-corrected chi connectivity index (χ3v) is 11.6. The van der Waals surface area contributed by atoms with E-state index < -0.39 is 5.60 Å². The van der Waals surface area contributed by atoms with Crippen molar-refractivity contribution >= 4 is 11.9 Å². The van der Waals surface area contributed by atoms with Crippen LogP contribution >= 0.6 is 0 Å². The third-order valence-electron chi connectivity index (χ3n) is 11.6. The second kappa shape index (κ2) is 22.4. The van der Waals surface area contributed by atoms with Crippen molar-refractivity contribution in [3.05, 3.63) is 148 Å². The summed E-state index contributed by atoms with van der Waals surface area (Å²) in [6.45, 7) is 3.11. The van der Waals surface area contributed by atoms with Crippen molar-refractivity contribution in [2.24, 2.45) is 0 Å². The lowest BCUT2D eigenvalue weighted by molar-refractivity contribution is 0.0393. The second-order valence-electron chi connectivity index (χ2n) is 16.9. The molecule has 358 valence electrons. The van der Waals surface area contributed by atoms with Crippen molar-refractivity contribution < 1.29 is 19.3 Å². The molecule has 71 heavy (non-hydrogen) atoms. The number of ether oxygens (including phenoxy) is 3. The zero-order chi connectivity index (χ0) is 49.0. The fourth-order valence-corrected chi connectivity index (χ4v) is 8.14. The van der Waals surface area contributed by atoms with E-state index in [1.807, 2.05) is 91.1 Å². The van der Waals surface area contributed by atoms with E-state index in [0.29, 0.717) is 128 Å². The van der Waals surface area contributed by atoms with E-state index in [1.165, 1.54) is 0 Å². The van der Waals surface area contributed by atoms with Gasteiger partial charge in [-0.15, -0.1) is 10.2 Å². The van der Waals surface area contributed by atoms with Crippen LogP contribution in [0.4, 0.5) is 11.9 Å². The first-order valence-electron chi connectivity index (χ1n) is 23.0. The number of benzene rings is 2. The average molecular weight is 952 g/mol. The lowest BCUT2D eigenvalue weighted by Gasteiger charge is -2.20. The van der Waals surface area contributed by atoms with E-state index in [9.17, 15) is 10.4 Å². The van der Waals surface area contributed by atoms with Gasteiger partial charge in [0, 0.05) is 52.0 Å². The minimum absolute atomic E-state index is 0.177. The number of nitriles is 1. The first-order valence-corrected chi connectivity index (χ1v) is 23.0. The topological polar surface area (TPSA) is 239 Å². The number of hydrogen-bond acceptors (Lipinski definition) is 17. The van der Waals surface area contributed by atoms with E-state index in [-0.39, 0.29) is 6.04 Å².